The van der Waals surface area contributed by atoms with E-state index in [1.807, 2.05) is 13.8 Å². The smallest absolute Gasteiger partial charge is 0.416 e. The van der Waals surface area contributed by atoms with E-state index in [4.69, 9.17) is 4.74 Å². The first-order chi connectivity index (χ1) is 7.47. The quantitative estimate of drug-likeness (QED) is 0.753. The van der Waals surface area contributed by atoms with E-state index in [-0.39, 0.29) is 6.10 Å². The van der Waals surface area contributed by atoms with Crippen LogP contribution in [0.2, 0.25) is 0 Å². The van der Waals surface area contributed by atoms with Gasteiger partial charge in [-0.05, 0) is 37.1 Å². The van der Waals surface area contributed by atoms with E-state index in [1.165, 1.54) is 12.1 Å². The van der Waals surface area contributed by atoms with Gasteiger partial charge in [0.05, 0.1) is 11.7 Å². The summed E-state index contributed by atoms with van der Waals surface area (Å²) >= 11 is 0. The van der Waals surface area contributed by atoms with Crippen molar-refractivity contribution in [3.05, 3.63) is 29.8 Å². The minimum Gasteiger partial charge on any atom is -0.490 e. The molecule has 0 atom stereocenters. The second-order valence-corrected chi connectivity index (χ2v) is 3.58. The van der Waals surface area contributed by atoms with Gasteiger partial charge in [0.25, 0.3) is 0 Å². The Morgan fingerprint density at radius 1 is 1.06 bits per heavy atom. The van der Waals surface area contributed by atoms with Crippen LogP contribution in [0.3, 0.4) is 0 Å². The molecule has 1 rings (SSSR count). The lowest BCUT2D eigenvalue weighted by Gasteiger charge is -2.16. The van der Waals surface area contributed by atoms with Gasteiger partial charge in [0.2, 0.25) is 0 Å². The fourth-order valence-electron chi connectivity index (χ4n) is 1.37. The van der Waals surface area contributed by atoms with Crippen molar-refractivity contribution >= 4 is 0 Å². The van der Waals surface area contributed by atoms with E-state index in [0.717, 1.165) is 25.0 Å². The molecule has 0 saturated heterocycles. The molecule has 0 heterocycles. The van der Waals surface area contributed by atoms with Crippen molar-refractivity contribution in [2.45, 2.75) is 39.0 Å². The lowest BCUT2D eigenvalue weighted by molar-refractivity contribution is -0.137. The van der Waals surface area contributed by atoms with E-state index >= 15 is 0 Å². The Morgan fingerprint density at radius 2 is 1.56 bits per heavy atom. The lowest BCUT2D eigenvalue weighted by atomic mass is 10.2. The molecule has 0 radical (unpaired) electrons. The first-order valence-electron chi connectivity index (χ1n) is 5.31. The van der Waals surface area contributed by atoms with E-state index in [1.54, 1.807) is 0 Å². The zero-order chi connectivity index (χ0) is 12.2. The molecular weight excluding hydrogens is 217 g/mol. The van der Waals surface area contributed by atoms with Crippen molar-refractivity contribution in [2.75, 3.05) is 0 Å². The summed E-state index contributed by atoms with van der Waals surface area (Å²) in [7, 11) is 0. The summed E-state index contributed by atoms with van der Waals surface area (Å²) < 4.78 is 42.3. The highest BCUT2D eigenvalue weighted by Crippen LogP contribution is 2.30. The molecule has 0 aromatic heterocycles. The van der Waals surface area contributed by atoms with Gasteiger partial charge in [0, 0.05) is 0 Å². The maximum Gasteiger partial charge on any atom is 0.416 e. The zero-order valence-corrected chi connectivity index (χ0v) is 9.34. The molecule has 0 saturated carbocycles. The standard InChI is InChI=1S/C12H15F3O/c1-3-10(4-2)16-11-7-5-9(6-8-11)12(13,14)15/h5-8,10H,3-4H2,1-2H3. The van der Waals surface area contributed by atoms with Crippen molar-refractivity contribution in [3.63, 3.8) is 0 Å². The third kappa shape index (κ3) is 3.43. The Hall–Kier alpha value is -1.19. The summed E-state index contributed by atoms with van der Waals surface area (Å²) in [5.74, 6) is 0.488. The largest absolute Gasteiger partial charge is 0.490 e. The minimum absolute atomic E-state index is 0.0664. The molecule has 16 heavy (non-hydrogen) atoms. The first-order valence-corrected chi connectivity index (χ1v) is 5.31. The van der Waals surface area contributed by atoms with Gasteiger partial charge in [-0.25, -0.2) is 0 Å². The van der Waals surface area contributed by atoms with Gasteiger partial charge in [-0.3, -0.25) is 0 Å². The molecule has 0 aliphatic heterocycles. The van der Waals surface area contributed by atoms with E-state index in [2.05, 4.69) is 0 Å². The summed E-state index contributed by atoms with van der Waals surface area (Å²) in [5, 5.41) is 0. The van der Waals surface area contributed by atoms with Crippen LogP contribution in [0.4, 0.5) is 13.2 Å². The molecule has 0 aliphatic carbocycles. The van der Waals surface area contributed by atoms with Crippen molar-refractivity contribution in [1.29, 1.82) is 0 Å². The van der Waals surface area contributed by atoms with Crippen molar-refractivity contribution in [3.8, 4) is 5.75 Å². The number of benzene rings is 1. The van der Waals surface area contributed by atoms with Crippen LogP contribution in [-0.4, -0.2) is 6.10 Å². The van der Waals surface area contributed by atoms with Crippen LogP contribution >= 0.6 is 0 Å². The predicted octanol–water partition coefficient (Wildman–Crippen LogP) is 4.27. The fourth-order valence-corrected chi connectivity index (χ4v) is 1.37. The second kappa shape index (κ2) is 5.23. The van der Waals surface area contributed by atoms with Gasteiger partial charge in [-0.15, -0.1) is 0 Å². The highest BCUT2D eigenvalue weighted by Gasteiger charge is 2.30. The van der Waals surface area contributed by atoms with Crippen LogP contribution in [0.15, 0.2) is 24.3 Å². The molecule has 1 nitrogen and oxygen atoms in total. The Morgan fingerprint density at radius 3 is 1.94 bits per heavy atom. The molecule has 1 aromatic rings. The normalized spacial score (nSPS) is 11.9. The summed E-state index contributed by atoms with van der Waals surface area (Å²) in [4.78, 5) is 0. The molecule has 0 spiro atoms. The monoisotopic (exact) mass is 232 g/mol. The van der Waals surface area contributed by atoms with E-state index in [0.29, 0.717) is 5.75 Å². The number of ether oxygens (including phenoxy) is 1. The highest BCUT2D eigenvalue weighted by molar-refractivity contribution is 5.28. The van der Waals surface area contributed by atoms with Gasteiger partial charge < -0.3 is 4.74 Å². The Bertz CT molecular complexity index is 312. The van der Waals surface area contributed by atoms with Gasteiger partial charge in [0.15, 0.2) is 0 Å². The molecule has 0 unspecified atom stereocenters. The number of hydrogen-bond donors (Lipinski definition) is 0. The average Bonchev–Trinajstić information content (AvgIpc) is 2.25. The topological polar surface area (TPSA) is 9.23 Å². The lowest BCUT2D eigenvalue weighted by Crippen LogP contribution is -2.13. The number of alkyl halides is 3. The summed E-state index contributed by atoms with van der Waals surface area (Å²) in [5.41, 5.74) is -0.649. The maximum atomic E-state index is 12.3. The minimum atomic E-state index is -4.28. The number of halogens is 3. The molecule has 4 heteroatoms. The van der Waals surface area contributed by atoms with Crippen LogP contribution < -0.4 is 4.74 Å². The molecule has 0 amide bonds. The molecule has 0 bridgehead atoms. The van der Waals surface area contributed by atoms with E-state index in [9.17, 15) is 13.2 Å². The molecule has 0 fully saturated rings. The fraction of sp³-hybridized carbons (Fsp3) is 0.500. The van der Waals surface area contributed by atoms with Crippen molar-refractivity contribution in [2.24, 2.45) is 0 Å². The van der Waals surface area contributed by atoms with Gasteiger partial charge in [0.1, 0.15) is 5.75 Å². The Balaban J connectivity index is 2.72. The summed E-state index contributed by atoms with van der Waals surface area (Å²) in [6, 6.07) is 4.80. The SMILES string of the molecule is CCC(CC)Oc1ccc(C(F)(F)F)cc1. The third-order valence-electron chi connectivity index (χ3n) is 2.40. The molecule has 90 valence electrons. The summed E-state index contributed by atoms with van der Waals surface area (Å²) in [6.45, 7) is 3.97. The van der Waals surface area contributed by atoms with Crippen LogP contribution in [0, 0.1) is 0 Å². The van der Waals surface area contributed by atoms with E-state index < -0.39 is 11.7 Å². The maximum absolute atomic E-state index is 12.3. The first kappa shape index (κ1) is 12.9. The predicted molar refractivity (Wildman–Crippen MR) is 56.4 cm³/mol. The van der Waals surface area contributed by atoms with Gasteiger partial charge in [-0.1, -0.05) is 13.8 Å². The van der Waals surface area contributed by atoms with Crippen molar-refractivity contribution in [1.82, 2.24) is 0 Å². The molecule has 0 aliphatic rings. The number of rotatable bonds is 4. The van der Waals surface area contributed by atoms with Crippen LogP contribution in [-0.2, 0) is 6.18 Å². The van der Waals surface area contributed by atoms with Crippen LogP contribution in [0.5, 0.6) is 5.75 Å². The Labute approximate surface area is 93.2 Å². The molecule has 0 N–H and O–H groups in total. The summed E-state index contributed by atoms with van der Waals surface area (Å²) in [6.07, 6.45) is -2.53. The molecular formula is C12H15F3O. The average molecular weight is 232 g/mol. The third-order valence-corrected chi connectivity index (χ3v) is 2.40. The highest BCUT2D eigenvalue weighted by atomic mass is 19.4. The van der Waals surface area contributed by atoms with Gasteiger partial charge in [-0.2, -0.15) is 13.2 Å². The number of hydrogen-bond acceptors (Lipinski definition) is 1. The Kier molecular flexibility index (Phi) is 4.21. The zero-order valence-electron chi connectivity index (χ0n) is 9.34. The van der Waals surface area contributed by atoms with Crippen molar-refractivity contribution < 1.29 is 17.9 Å². The van der Waals surface area contributed by atoms with Crippen LogP contribution in [0.1, 0.15) is 32.3 Å². The van der Waals surface area contributed by atoms with Crippen LogP contribution in [0.25, 0.3) is 0 Å². The van der Waals surface area contributed by atoms with Gasteiger partial charge >= 0.3 is 6.18 Å². The molecule has 1 aromatic carbocycles. The second-order valence-electron chi connectivity index (χ2n) is 3.58.